The van der Waals surface area contributed by atoms with Gasteiger partial charge in [-0.05, 0) is 43.7 Å². The number of nitrogens with one attached hydrogen (secondary N) is 2. The first-order valence-electron chi connectivity index (χ1n) is 10.3. The van der Waals surface area contributed by atoms with Crippen molar-refractivity contribution in [3.63, 3.8) is 0 Å². The number of rotatable bonds is 6. The molecule has 3 aromatic rings. The lowest BCUT2D eigenvalue weighted by atomic mass is 9.92. The second kappa shape index (κ2) is 7.85. The Bertz CT molecular complexity index is 1060. The van der Waals surface area contributed by atoms with Gasteiger partial charge < -0.3 is 15.0 Å². The summed E-state index contributed by atoms with van der Waals surface area (Å²) >= 11 is 0. The van der Waals surface area contributed by atoms with Gasteiger partial charge in [0.2, 0.25) is 11.8 Å². The first-order valence-corrected chi connectivity index (χ1v) is 10.3. The maximum atomic E-state index is 12.5. The molecule has 10 nitrogen and oxygen atoms in total. The van der Waals surface area contributed by atoms with Crippen molar-refractivity contribution in [2.45, 2.75) is 31.6 Å². The Hall–Kier alpha value is -3.30. The van der Waals surface area contributed by atoms with E-state index in [1.807, 2.05) is 6.07 Å². The average Bonchev–Trinajstić information content (AvgIpc) is 3.54. The number of hydrogen-bond donors (Lipinski definition) is 2. The molecule has 1 aliphatic carbocycles. The van der Waals surface area contributed by atoms with Crippen LogP contribution in [0.5, 0.6) is 6.01 Å². The van der Waals surface area contributed by atoms with E-state index in [0.717, 1.165) is 42.7 Å². The van der Waals surface area contributed by atoms with Gasteiger partial charge in [-0.1, -0.05) is 0 Å². The Morgan fingerprint density at radius 2 is 2.07 bits per heavy atom. The molecule has 2 N–H and O–H groups in total. The predicted molar refractivity (Wildman–Crippen MR) is 110 cm³/mol. The highest BCUT2D eigenvalue weighted by Crippen LogP contribution is 2.32. The van der Waals surface area contributed by atoms with Crippen molar-refractivity contribution in [2.24, 2.45) is 5.92 Å². The van der Waals surface area contributed by atoms with E-state index in [1.54, 1.807) is 6.20 Å². The summed E-state index contributed by atoms with van der Waals surface area (Å²) < 4.78 is 5.21. The number of H-pyrrole nitrogens is 1. The number of fused-ring (bicyclic) bond motifs is 1. The van der Waals surface area contributed by atoms with Crippen molar-refractivity contribution in [3.8, 4) is 6.01 Å². The molecule has 0 spiro atoms. The summed E-state index contributed by atoms with van der Waals surface area (Å²) in [6.45, 7) is 2.20. The zero-order valence-electron chi connectivity index (χ0n) is 16.8. The second-order valence-electron chi connectivity index (χ2n) is 7.87. The molecule has 1 aliphatic heterocycles. The highest BCUT2D eigenvalue weighted by Gasteiger charge is 2.27. The number of methoxy groups -OCH3 is 1. The molecular weight excluding hydrogens is 384 g/mol. The molecule has 4 heterocycles. The predicted octanol–water partition coefficient (Wildman–Crippen LogP) is 1.68. The summed E-state index contributed by atoms with van der Waals surface area (Å²) in [6, 6.07) is 4.14. The van der Waals surface area contributed by atoms with Crippen LogP contribution in [0.25, 0.3) is 11.0 Å². The zero-order chi connectivity index (χ0) is 20.5. The molecule has 1 saturated heterocycles. The van der Waals surface area contributed by atoms with E-state index < -0.39 is 0 Å². The Kier molecular flexibility index (Phi) is 4.89. The van der Waals surface area contributed by atoms with Crippen molar-refractivity contribution >= 4 is 22.9 Å². The molecular formula is C20H24N8O2. The minimum absolute atomic E-state index is 0.102. The van der Waals surface area contributed by atoms with E-state index in [4.69, 9.17) is 4.74 Å². The van der Waals surface area contributed by atoms with Crippen LogP contribution in [-0.2, 0) is 0 Å². The highest BCUT2D eigenvalue weighted by atomic mass is 16.5. The van der Waals surface area contributed by atoms with E-state index in [0.29, 0.717) is 24.3 Å². The molecule has 156 valence electrons. The first kappa shape index (κ1) is 18.7. The van der Waals surface area contributed by atoms with Gasteiger partial charge in [-0.3, -0.25) is 9.89 Å². The lowest BCUT2D eigenvalue weighted by Crippen LogP contribution is -2.35. The van der Waals surface area contributed by atoms with E-state index in [2.05, 4.69) is 46.4 Å². The third kappa shape index (κ3) is 3.77. The van der Waals surface area contributed by atoms with Gasteiger partial charge in [0.1, 0.15) is 0 Å². The summed E-state index contributed by atoms with van der Waals surface area (Å²) in [5, 5.41) is 11.5. The number of pyridine rings is 1. The summed E-state index contributed by atoms with van der Waals surface area (Å²) in [7, 11) is 1.49. The summed E-state index contributed by atoms with van der Waals surface area (Å²) in [5.41, 5.74) is 1.88. The SMILES string of the molecule is COc1nc(C(=O)NCC2CC2)nc(N2CCC(c3[nH]nc4ncccc34)CC2)n1. The van der Waals surface area contributed by atoms with Crippen molar-refractivity contribution < 1.29 is 9.53 Å². The van der Waals surface area contributed by atoms with Crippen LogP contribution >= 0.6 is 0 Å². The monoisotopic (exact) mass is 408 g/mol. The van der Waals surface area contributed by atoms with Gasteiger partial charge in [0.25, 0.3) is 5.91 Å². The summed E-state index contributed by atoms with van der Waals surface area (Å²) in [5.74, 6) is 1.25. The number of aromatic amines is 1. The number of hydrogen-bond acceptors (Lipinski definition) is 8. The number of aromatic nitrogens is 6. The van der Waals surface area contributed by atoms with Crippen molar-refractivity contribution in [1.82, 2.24) is 35.5 Å². The molecule has 0 aromatic carbocycles. The fourth-order valence-electron chi connectivity index (χ4n) is 3.87. The number of carbonyl (C=O) groups excluding carboxylic acids is 1. The van der Waals surface area contributed by atoms with Gasteiger partial charge in [0.15, 0.2) is 5.65 Å². The summed E-state index contributed by atoms with van der Waals surface area (Å²) in [6.07, 6.45) is 5.93. The topological polar surface area (TPSA) is 122 Å². The molecule has 10 heteroatoms. The Morgan fingerprint density at radius 1 is 1.23 bits per heavy atom. The minimum atomic E-state index is -0.282. The van der Waals surface area contributed by atoms with Crippen molar-refractivity contribution in [1.29, 1.82) is 0 Å². The number of carbonyl (C=O) groups is 1. The van der Waals surface area contributed by atoms with E-state index in [9.17, 15) is 4.79 Å². The van der Waals surface area contributed by atoms with Crippen LogP contribution < -0.4 is 15.0 Å². The standard InChI is InChI=1S/C20H24N8O2/c1-30-20-24-17(18(29)22-11-12-4-5-12)23-19(25-20)28-9-6-13(7-10-28)15-14-3-2-8-21-16(14)27-26-15/h2-3,8,12-13H,4-7,9-11H2,1H3,(H,22,29)(H,21,26,27). The highest BCUT2D eigenvalue weighted by molar-refractivity contribution is 5.90. The van der Waals surface area contributed by atoms with Crippen LogP contribution in [0.4, 0.5) is 5.95 Å². The van der Waals surface area contributed by atoms with Crippen molar-refractivity contribution in [2.75, 3.05) is 31.6 Å². The Morgan fingerprint density at radius 3 is 2.83 bits per heavy atom. The van der Waals surface area contributed by atoms with Crippen LogP contribution in [0.1, 0.15) is 47.9 Å². The lowest BCUT2D eigenvalue weighted by Gasteiger charge is -2.31. The molecule has 0 atom stereocenters. The third-order valence-corrected chi connectivity index (χ3v) is 5.78. The lowest BCUT2D eigenvalue weighted by molar-refractivity contribution is 0.0939. The quantitative estimate of drug-likeness (QED) is 0.632. The number of anilines is 1. The van der Waals surface area contributed by atoms with Gasteiger partial charge >= 0.3 is 6.01 Å². The maximum absolute atomic E-state index is 12.5. The van der Waals surface area contributed by atoms with Crippen LogP contribution in [0.15, 0.2) is 18.3 Å². The molecule has 0 bridgehead atoms. The fraction of sp³-hybridized carbons (Fsp3) is 0.500. The van der Waals surface area contributed by atoms with Crippen LogP contribution in [0.3, 0.4) is 0 Å². The first-order chi connectivity index (χ1) is 14.7. The number of nitrogens with zero attached hydrogens (tertiary/aromatic N) is 6. The summed E-state index contributed by atoms with van der Waals surface area (Å²) in [4.78, 5) is 31.8. The molecule has 1 amide bonds. The van der Waals surface area contributed by atoms with E-state index in [1.165, 1.54) is 20.0 Å². The number of piperidine rings is 1. The Labute approximate surface area is 173 Å². The molecule has 2 fully saturated rings. The van der Waals surface area contributed by atoms with E-state index >= 15 is 0 Å². The minimum Gasteiger partial charge on any atom is -0.467 e. The largest absolute Gasteiger partial charge is 0.467 e. The fourth-order valence-corrected chi connectivity index (χ4v) is 3.87. The van der Waals surface area contributed by atoms with Crippen molar-refractivity contribution in [3.05, 3.63) is 29.8 Å². The molecule has 0 unspecified atom stereocenters. The van der Waals surface area contributed by atoms with Gasteiger partial charge in [-0.2, -0.15) is 20.1 Å². The average molecular weight is 408 g/mol. The molecule has 3 aromatic heterocycles. The molecule has 5 rings (SSSR count). The van der Waals surface area contributed by atoms with Crippen LogP contribution in [0.2, 0.25) is 0 Å². The maximum Gasteiger partial charge on any atom is 0.321 e. The third-order valence-electron chi connectivity index (χ3n) is 5.78. The molecule has 2 aliphatic rings. The van der Waals surface area contributed by atoms with Crippen LogP contribution in [-0.4, -0.2) is 62.8 Å². The van der Waals surface area contributed by atoms with Gasteiger partial charge in [0.05, 0.1) is 7.11 Å². The smallest absolute Gasteiger partial charge is 0.321 e. The molecule has 1 saturated carbocycles. The van der Waals surface area contributed by atoms with Crippen LogP contribution in [0, 0.1) is 5.92 Å². The zero-order valence-corrected chi connectivity index (χ0v) is 16.8. The van der Waals surface area contributed by atoms with Gasteiger partial charge in [-0.25, -0.2) is 4.98 Å². The van der Waals surface area contributed by atoms with E-state index in [-0.39, 0.29) is 17.7 Å². The molecule has 0 radical (unpaired) electrons. The normalized spacial score (nSPS) is 17.3. The number of ether oxygens (including phenoxy) is 1. The molecule has 30 heavy (non-hydrogen) atoms. The number of amides is 1. The second-order valence-corrected chi connectivity index (χ2v) is 7.87. The van der Waals surface area contributed by atoms with Gasteiger partial charge in [0, 0.05) is 42.8 Å². The Balaban J connectivity index is 1.30. The van der Waals surface area contributed by atoms with Gasteiger partial charge in [-0.15, -0.1) is 0 Å².